The molecule has 244 valence electrons. The van der Waals surface area contributed by atoms with Gasteiger partial charge in [-0.05, 0) is 60.0 Å². The minimum atomic E-state index is -4.69. The lowest BCUT2D eigenvalue weighted by Crippen LogP contribution is -2.33. The van der Waals surface area contributed by atoms with Crippen LogP contribution in [0.3, 0.4) is 0 Å². The van der Waals surface area contributed by atoms with Crippen LogP contribution >= 0.6 is 0 Å². The number of alkyl halides is 2. The first-order valence-corrected chi connectivity index (χ1v) is 14.0. The summed E-state index contributed by atoms with van der Waals surface area (Å²) in [7, 11) is 0. The summed E-state index contributed by atoms with van der Waals surface area (Å²) in [6.45, 7) is 2.98. The summed E-state index contributed by atoms with van der Waals surface area (Å²) in [5, 5.41) is 0. The molecule has 0 radical (unpaired) electrons. The Kier molecular flexibility index (Phi) is 9.94. The summed E-state index contributed by atoms with van der Waals surface area (Å²) in [4.78, 5) is 0. The SMILES string of the molecule is CCCCOC1COC(c2ccc(-c3cc(F)c(C(F)(F)Oc4ccc(-c5cc(F)c(F)c(F)c5)c(F)c4)c(F)c3)c(F)c2)OC1. The fourth-order valence-corrected chi connectivity index (χ4v) is 4.79. The van der Waals surface area contributed by atoms with Gasteiger partial charge in [-0.3, -0.25) is 0 Å². The van der Waals surface area contributed by atoms with Crippen molar-refractivity contribution < 1.29 is 58.5 Å². The topological polar surface area (TPSA) is 36.9 Å². The molecule has 4 aromatic rings. The molecule has 0 spiro atoms. The molecule has 4 nitrogen and oxygen atoms in total. The molecule has 46 heavy (non-hydrogen) atoms. The van der Waals surface area contributed by atoms with Crippen LogP contribution in [0.1, 0.15) is 37.2 Å². The van der Waals surface area contributed by atoms with Crippen molar-refractivity contribution in [3.05, 3.63) is 113 Å². The Morgan fingerprint density at radius 3 is 1.78 bits per heavy atom. The van der Waals surface area contributed by atoms with Gasteiger partial charge >= 0.3 is 6.11 Å². The molecule has 1 heterocycles. The van der Waals surface area contributed by atoms with E-state index in [1.807, 2.05) is 6.92 Å². The number of ether oxygens (including phenoxy) is 4. The summed E-state index contributed by atoms with van der Waals surface area (Å²) in [6.07, 6.45) is -4.05. The lowest BCUT2D eigenvalue weighted by Gasteiger charge is -2.29. The third kappa shape index (κ3) is 7.16. The fourth-order valence-electron chi connectivity index (χ4n) is 4.79. The van der Waals surface area contributed by atoms with Crippen LogP contribution in [-0.4, -0.2) is 25.9 Å². The summed E-state index contributed by atoms with van der Waals surface area (Å²) in [6, 6.07) is 7.53. The zero-order valence-corrected chi connectivity index (χ0v) is 24.0. The van der Waals surface area contributed by atoms with E-state index in [1.54, 1.807) is 0 Å². The first kappa shape index (κ1) is 33.3. The molecule has 4 aromatic carbocycles. The summed E-state index contributed by atoms with van der Waals surface area (Å²) in [5.41, 5.74) is -3.20. The van der Waals surface area contributed by atoms with Crippen LogP contribution in [-0.2, 0) is 20.3 Å². The Hall–Kier alpha value is -4.07. The highest BCUT2D eigenvalue weighted by atomic mass is 19.3. The zero-order chi connectivity index (χ0) is 33.2. The van der Waals surface area contributed by atoms with E-state index in [0.29, 0.717) is 36.9 Å². The molecule has 1 aliphatic heterocycles. The van der Waals surface area contributed by atoms with E-state index in [-0.39, 0.29) is 30.4 Å². The lowest BCUT2D eigenvalue weighted by atomic mass is 10.00. The van der Waals surface area contributed by atoms with Crippen molar-refractivity contribution in [3.63, 3.8) is 0 Å². The van der Waals surface area contributed by atoms with Crippen LogP contribution in [0.5, 0.6) is 5.75 Å². The van der Waals surface area contributed by atoms with Gasteiger partial charge in [-0.1, -0.05) is 25.5 Å². The Morgan fingerprint density at radius 1 is 0.696 bits per heavy atom. The van der Waals surface area contributed by atoms with Crippen molar-refractivity contribution in [1.29, 1.82) is 0 Å². The molecule has 0 amide bonds. The lowest BCUT2D eigenvalue weighted by molar-refractivity contribution is -0.230. The van der Waals surface area contributed by atoms with Crippen molar-refractivity contribution in [1.82, 2.24) is 0 Å². The molecule has 1 saturated heterocycles. The van der Waals surface area contributed by atoms with Crippen molar-refractivity contribution in [3.8, 4) is 28.0 Å². The van der Waals surface area contributed by atoms with Gasteiger partial charge in [-0.15, -0.1) is 0 Å². The van der Waals surface area contributed by atoms with Crippen LogP contribution in [0.15, 0.2) is 60.7 Å². The second-order valence-electron chi connectivity index (χ2n) is 10.4. The van der Waals surface area contributed by atoms with E-state index < -0.39 is 81.1 Å². The molecule has 0 N–H and O–H groups in total. The van der Waals surface area contributed by atoms with Crippen LogP contribution in [0, 0.1) is 40.7 Å². The van der Waals surface area contributed by atoms with E-state index in [2.05, 4.69) is 4.74 Å². The van der Waals surface area contributed by atoms with Crippen molar-refractivity contribution >= 4 is 0 Å². The number of benzene rings is 4. The van der Waals surface area contributed by atoms with Crippen LogP contribution in [0.2, 0.25) is 0 Å². The molecule has 1 aliphatic rings. The molecule has 0 aromatic heterocycles. The van der Waals surface area contributed by atoms with Gasteiger partial charge in [0.1, 0.15) is 40.7 Å². The first-order chi connectivity index (χ1) is 21.9. The van der Waals surface area contributed by atoms with Gasteiger partial charge < -0.3 is 18.9 Å². The molecule has 5 rings (SSSR count). The maximum Gasteiger partial charge on any atom is 0.432 e. The zero-order valence-electron chi connectivity index (χ0n) is 24.0. The van der Waals surface area contributed by atoms with E-state index in [1.165, 1.54) is 12.1 Å². The standard InChI is InChI=1S/C33H25F9O4/c1-2-3-8-43-21-15-44-32(45-16-21)17-4-6-22(24(34)9-17)18-10-26(36)30(27(37)11-18)33(41,42)46-20-5-7-23(25(35)14-20)19-12-28(38)31(40)29(39)13-19/h4-7,9-14,21,32H,2-3,8,15-16H2,1H3. The second-order valence-corrected chi connectivity index (χ2v) is 10.4. The maximum atomic E-state index is 15.1. The highest BCUT2D eigenvalue weighted by Crippen LogP contribution is 2.39. The molecule has 0 atom stereocenters. The summed E-state index contributed by atoms with van der Waals surface area (Å²) in [5.74, 6) is -11.7. The predicted octanol–water partition coefficient (Wildman–Crippen LogP) is 9.35. The minimum absolute atomic E-state index is 0.205. The first-order valence-electron chi connectivity index (χ1n) is 14.0. The predicted molar refractivity (Wildman–Crippen MR) is 147 cm³/mol. The Bertz CT molecular complexity index is 1680. The van der Waals surface area contributed by atoms with Crippen LogP contribution < -0.4 is 4.74 Å². The van der Waals surface area contributed by atoms with Gasteiger partial charge in [-0.25, -0.2) is 30.7 Å². The van der Waals surface area contributed by atoms with Crippen molar-refractivity contribution in [2.24, 2.45) is 0 Å². The fraction of sp³-hybridized carbons (Fsp3) is 0.273. The molecular weight excluding hydrogens is 631 g/mol. The summed E-state index contributed by atoms with van der Waals surface area (Å²) < 4.78 is 151. The Morgan fingerprint density at radius 2 is 1.24 bits per heavy atom. The van der Waals surface area contributed by atoms with Gasteiger partial charge in [-0.2, -0.15) is 8.78 Å². The molecule has 0 bridgehead atoms. The van der Waals surface area contributed by atoms with Crippen molar-refractivity contribution in [2.75, 3.05) is 19.8 Å². The average molecular weight is 657 g/mol. The largest absolute Gasteiger partial charge is 0.432 e. The van der Waals surface area contributed by atoms with E-state index in [4.69, 9.17) is 14.2 Å². The number of hydrogen-bond acceptors (Lipinski definition) is 4. The normalized spacial score (nSPS) is 16.9. The molecule has 0 unspecified atom stereocenters. The quantitative estimate of drug-likeness (QED) is 0.0969. The second kappa shape index (κ2) is 13.7. The number of rotatable bonds is 10. The van der Waals surface area contributed by atoms with E-state index >= 15 is 4.39 Å². The van der Waals surface area contributed by atoms with Crippen LogP contribution in [0.25, 0.3) is 22.3 Å². The van der Waals surface area contributed by atoms with E-state index in [0.717, 1.165) is 31.0 Å². The van der Waals surface area contributed by atoms with Crippen LogP contribution in [0.4, 0.5) is 39.5 Å². The summed E-state index contributed by atoms with van der Waals surface area (Å²) >= 11 is 0. The number of unbranched alkanes of at least 4 members (excludes halogenated alkanes) is 1. The van der Waals surface area contributed by atoms with Gasteiger partial charge in [0.25, 0.3) is 0 Å². The Balaban J connectivity index is 1.31. The number of halogens is 9. The van der Waals surface area contributed by atoms with Gasteiger partial charge in [0.15, 0.2) is 23.7 Å². The monoisotopic (exact) mass is 656 g/mol. The van der Waals surface area contributed by atoms with E-state index in [9.17, 15) is 35.1 Å². The smallest absolute Gasteiger partial charge is 0.429 e. The minimum Gasteiger partial charge on any atom is -0.429 e. The van der Waals surface area contributed by atoms with Gasteiger partial charge in [0.2, 0.25) is 0 Å². The third-order valence-corrected chi connectivity index (χ3v) is 7.11. The Labute approximate surface area is 257 Å². The highest BCUT2D eigenvalue weighted by Gasteiger charge is 2.41. The molecule has 0 aliphatic carbocycles. The molecule has 1 fully saturated rings. The average Bonchev–Trinajstić information content (AvgIpc) is 2.99. The molecular formula is C33H25F9O4. The molecule has 13 heteroatoms. The van der Waals surface area contributed by atoms with Crippen molar-refractivity contribution in [2.45, 2.75) is 38.3 Å². The maximum absolute atomic E-state index is 15.1. The highest BCUT2D eigenvalue weighted by molar-refractivity contribution is 5.66. The van der Waals surface area contributed by atoms with Gasteiger partial charge in [0, 0.05) is 29.4 Å². The number of hydrogen-bond donors (Lipinski definition) is 0. The van der Waals surface area contributed by atoms with Gasteiger partial charge in [0.05, 0.1) is 13.2 Å². The molecule has 0 saturated carbocycles. The third-order valence-electron chi connectivity index (χ3n) is 7.11.